The maximum Gasteiger partial charge on any atom is 0.255 e. The first-order valence-electron chi connectivity index (χ1n) is 7.00. The molecule has 0 aliphatic carbocycles. The van der Waals surface area contributed by atoms with E-state index in [9.17, 15) is 4.79 Å². The quantitative estimate of drug-likeness (QED) is 0.867. The lowest BCUT2D eigenvalue weighted by molar-refractivity contribution is 0.0916. The highest BCUT2D eigenvalue weighted by Crippen LogP contribution is 2.27. The molecule has 5 nitrogen and oxygen atoms in total. The van der Waals surface area contributed by atoms with E-state index in [0.29, 0.717) is 17.3 Å². The van der Waals surface area contributed by atoms with Crippen molar-refractivity contribution in [3.8, 4) is 0 Å². The van der Waals surface area contributed by atoms with Crippen LogP contribution in [0.3, 0.4) is 0 Å². The Balaban J connectivity index is 0.00000110. The molecule has 7 heteroatoms. The first kappa shape index (κ1) is 18.0. The molecule has 2 fully saturated rings. The van der Waals surface area contributed by atoms with Crippen LogP contribution in [0.15, 0.2) is 18.5 Å². The Labute approximate surface area is 137 Å². The summed E-state index contributed by atoms with van der Waals surface area (Å²) < 4.78 is 0. The number of nitrogens with two attached hydrogens (primary N) is 1. The van der Waals surface area contributed by atoms with Crippen LogP contribution in [0.2, 0.25) is 0 Å². The van der Waals surface area contributed by atoms with Crippen molar-refractivity contribution in [1.29, 1.82) is 0 Å². The van der Waals surface area contributed by atoms with Gasteiger partial charge in [0.05, 0.1) is 5.56 Å². The van der Waals surface area contributed by atoms with E-state index in [1.54, 1.807) is 12.3 Å². The summed E-state index contributed by atoms with van der Waals surface area (Å²) in [7, 11) is 0. The van der Waals surface area contributed by atoms with E-state index in [-0.39, 0.29) is 36.8 Å². The lowest BCUT2D eigenvalue weighted by atomic mass is 9.99. The van der Waals surface area contributed by atoms with Gasteiger partial charge < -0.3 is 11.1 Å². The van der Waals surface area contributed by atoms with E-state index < -0.39 is 0 Å². The van der Waals surface area contributed by atoms with Crippen molar-refractivity contribution in [3.63, 3.8) is 0 Å². The number of carbonyl (C=O) groups is 1. The number of hydrogen-bond acceptors (Lipinski definition) is 4. The minimum Gasteiger partial charge on any atom is -0.398 e. The third-order valence-electron chi connectivity index (χ3n) is 4.27. The number of nitrogen functional groups attached to an aromatic ring is 1. The van der Waals surface area contributed by atoms with Gasteiger partial charge in [-0.05, 0) is 31.9 Å². The normalized spacial score (nSPS) is 24.4. The Morgan fingerprint density at radius 3 is 2.86 bits per heavy atom. The van der Waals surface area contributed by atoms with Gasteiger partial charge in [-0.1, -0.05) is 6.42 Å². The number of rotatable bonds is 2. The monoisotopic (exact) mass is 332 g/mol. The van der Waals surface area contributed by atoms with Crippen LogP contribution in [0, 0.1) is 0 Å². The average Bonchev–Trinajstić information content (AvgIpc) is 2.83. The van der Waals surface area contributed by atoms with Crippen LogP contribution in [-0.4, -0.2) is 41.0 Å². The molecule has 2 aliphatic heterocycles. The zero-order chi connectivity index (χ0) is 13.2. The number of nitrogens with one attached hydrogen (secondary N) is 1. The smallest absolute Gasteiger partial charge is 0.255 e. The number of nitrogens with zero attached hydrogens (tertiary/aromatic N) is 2. The van der Waals surface area contributed by atoms with Gasteiger partial charge >= 0.3 is 0 Å². The van der Waals surface area contributed by atoms with Crippen LogP contribution in [0.1, 0.15) is 36.0 Å². The molecule has 1 aromatic heterocycles. The summed E-state index contributed by atoms with van der Waals surface area (Å²) in [4.78, 5) is 18.7. The number of amides is 1. The molecule has 2 aliphatic rings. The minimum atomic E-state index is -0.0944. The maximum absolute atomic E-state index is 12.2. The molecule has 3 N–H and O–H groups in total. The average molecular weight is 333 g/mol. The molecule has 0 radical (unpaired) electrons. The zero-order valence-electron chi connectivity index (χ0n) is 11.8. The second-order valence-electron chi connectivity index (χ2n) is 5.43. The Hall–Kier alpha value is -1.04. The Morgan fingerprint density at radius 1 is 1.29 bits per heavy atom. The molecule has 2 atom stereocenters. The van der Waals surface area contributed by atoms with Crippen molar-refractivity contribution in [2.24, 2.45) is 0 Å². The predicted molar refractivity (Wildman–Crippen MR) is 88.2 cm³/mol. The van der Waals surface area contributed by atoms with E-state index in [2.05, 4.69) is 15.2 Å². The van der Waals surface area contributed by atoms with Gasteiger partial charge in [0.2, 0.25) is 0 Å². The van der Waals surface area contributed by atoms with Crippen molar-refractivity contribution in [2.45, 2.75) is 37.8 Å². The second kappa shape index (κ2) is 7.82. The fourth-order valence-electron chi connectivity index (χ4n) is 3.26. The molecule has 2 unspecified atom stereocenters. The Kier molecular flexibility index (Phi) is 6.71. The SMILES string of the molecule is Cl.Cl.Nc1ccncc1C(=O)NC1CCN2CCCCC12. The first-order valence-corrected chi connectivity index (χ1v) is 7.00. The van der Waals surface area contributed by atoms with Crippen LogP contribution in [0.25, 0.3) is 0 Å². The summed E-state index contributed by atoms with van der Waals surface area (Å²) >= 11 is 0. The van der Waals surface area contributed by atoms with Crippen molar-refractivity contribution in [2.75, 3.05) is 18.8 Å². The number of anilines is 1. The molecular formula is C14H22Cl2N4O. The van der Waals surface area contributed by atoms with Gasteiger partial charge in [0.1, 0.15) is 0 Å². The lowest BCUT2D eigenvalue weighted by Crippen LogP contribution is -2.46. The third-order valence-corrected chi connectivity index (χ3v) is 4.27. The molecule has 3 rings (SSSR count). The van der Waals surface area contributed by atoms with Gasteiger partial charge in [0.15, 0.2) is 0 Å². The molecule has 3 heterocycles. The molecule has 1 aromatic rings. The number of halogens is 2. The fraction of sp³-hybridized carbons (Fsp3) is 0.571. The van der Waals surface area contributed by atoms with Gasteiger partial charge in [-0.15, -0.1) is 24.8 Å². The topological polar surface area (TPSA) is 71.2 Å². The van der Waals surface area contributed by atoms with Crippen LogP contribution in [0.5, 0.6) is 0 Å². The molecule has 0 saturated carbocycles. The molecule has 1 amide bonds. The zero-order valence-corrected chi connectivity index (χ0v) is 13.5. The largest absolute Gasteiger partial charge is 0.398 e. The van der Waals surface area contributed by atoms with E-state index in [0.717, 1.165) is 13.0 Å². The summed E-state index contributed by atoms with van der Waals surface area (Å²) in [5, 5.41) is 3.13. The third kappa shape index (κ3) is 3.78. The van der Waals surface area contributed by atoms with Crippen LogP contribution >= 0.6 is 24.8 Å². The summed E-state index contributed by atoms with van der Waals surface area (Å²) in [5.41, 5.74) is 6.79. The highest BCUT2D eigenvalue weighted by molar-refractivity contribution is 5.98. The van der Waals surface area contributed by atoms with Gasteiger partial charge in [-0.25, -0.2) is 0 Å². The summed E-state index contributed by atoms with van der Waals surface area (Å²) in [6.45, 7) is 2.27. The second-order valence-corrected chi connectivity index (χ2v) is 5.43. The molecule has 2 saturated heterocycles. The van der Waals surface area contributed by atoms with Gasteiger partial charge in [-0.2, -0.15) is 0 Å². The van der Waals surface area contributed by atoms with Gasteiger partial charge in [0, 0.05) is 36.7 Å². The van der Waals surface area contributed by atoms with Crippen LogP contribution < -0.4 is 11.1 Å². The van der Waals surface area contributed by atoms with E-state index in [4.69, 9.17) is 5.73 Å². The van der Waals surface area contributed by atoms with Crippen molar-refractivity contribution < 1.29 is 4.79 Å². The molecular weight excluding hydrogens is 311 g/mol. The standard InChI is InChI=1S/C14H20N4O.2ClH/c15-11-4-6-16-9-10(11)14(19)17-12-5-8-18-7-2-1-3-13(12)18;;/h4,6,9,12-13H,1-3,5,7-8H2,(H2,15,16)(H,17,19);2*1H. The van der Waals surface area contributed by atoms with E-state index in [1.807, 2.05) is 0 Å². The van der Waals surface area contributed by atoms with Crippen LogP contribution in [-0.2, 0) is 0 Å². The number of piperidine rings is 1. The van der Waals surface area contributed by atoms with Gasteiger partial charge in [-0.3, -0.25) is 14.7 Å². The number of pyridine rings is 1. The minimum absolute atomic E-state index is 0. The van der Waals surface area contributed by atoms with Gasteiger partial charge in [0.25, 0.3) is 5.91 Å². The molecule has 118 valence electrons. The Bertz CT molecular complexity index is 486. The summed E-state index contributed by atoms with van der Waals surface area (Å²) in [6.07, 6.45) is 7.92. The maximum atomic E-state index is 12.2. The highest BCUT2D eigenvalue weighted by Gasteiger charge is 2.36. The van der Waals surface area contributed by atoms with Crippen molar-refractivity contribution in [3.05, 3.63) is 24.0 Å². The van der Waals surface area contributed by atoms with Crippen molar-refractivity contribution in [1.82, 2.24) is 15.2 Å². The number of hydrogen-bond donors (Lipinski definition) is 2. The number of aromatic nitrogens is 1. The molecule has 0 spiro atoms. The van der Waals surface area contributed by atoms with E-state index >= 15 is 0 Å². The lowest BCUT2D eigenvalue weighted by Gasteiger charge is -2.32. The highest BCUT2D eigenvalue weighted by atomic mass is 35.5. The molecule has 0 aromatic carbocycles. The van der Waals surface area contributed by atoms with Crippen LogP contribution in [0.4, 0.5) is 5.69 Å². The predicted octanol–water partition coefficient (Wildman–Crippen LogP) is 1.86. The van der Waals surface area contributed by atoms with Crippen molar-refractivity contribution >= 4 is 36.4 Å². The summed E-state index contributed by atoms with van der Waals surface area (Å²) in [5.74, 6) is -0.0944. The van der Waals surface area contributed by atoms with E-state index in [1.165, 1.54) is 32.0 Å². The molecule has 0 bridgehead atoms. The Morgan fingerprint density at radius 2 is 2.10 bits per heavy atom. The summed E-state index contributed by atoms with van der Waals surface area (Å²) in [6, 6.07) is 2.43. The fourth-order valence-corrected chi connectivity index (χ4v) is 3.26. The first-order chi connectivity index (χ1) is 9.25. The number of fused-ring (bicyclic) bond motifs is 1. The number of carbonyl (C=O) groups excluding carboxylic acids is 1. The molecule has 21 heavy (non-hydrogen) atoms.